The summed E-state index contributed by atoms with van der Waals surface area (Å²) in [5.41, 5.74) is 2.30. The minimum absolute atomic E-state index is 0.0441. The lowest BCUT2D eigenvalue weighted by Gasteiger charge is -2.34. The predicted molar refractivity (Wildman–Crippen MR) is 132 cm³/mol. The molecule has 0 aromatic carbocycles. The maximum absolute atomic E-state index is 11.7. The maximum Gasteiger partial charge on any atom is 0.379 e. The summed E-state index contributed by atoms with van der Waals surface area (Å²) in [5, 5.41) is 2.90. The highest BCUT2D eigenvalue weighted by Gasteiger charge is 2.29. The van der Waals surface area contributed by atoms with Gasteiger partial charge in [-0.1, -0.05) is 13.8 Å². The zero-order chi connectivity index (χ0) is 25.7. The van der Waals surface area contributed by atoms with E-state index in [1.54, 1.807) is 6.33 Å². The van der Waals surface area contributed by atoms with E-state index in [4.69, 9.17) is 4.98 Å². The van der Waals surface area contributed by atoms with E-state index in [1.807, 2.05) is 0 Å². The third-order valence-electron chi connectivity index (χ3n) is 7.22. The molecular weight excluding hydrogens is 471 g/mol. The van der Waals surface area contributed by atoms with Crippen molar-refractivity contribution < 1.29 is 18.0 Å². The Kier molecular flexibility index (Phi) is 8.81. The van der Waals surface area contributed by atoms with Gasteiger partial charge in [0.15, 0.2) is 0 Å². The normalized spacial score (nSPS) is 18.9. The van der Waals surface area contributed by atoms with Crippen LogP contribution in [0.25, 0.3) is 0 Å². The van der Waals surface area contributed by atoms with Crippen LogP contribution >= 0.6 is 0 Å². The molecule has 2 aromatic heterocycles. The number of hydrogen-bond donors (Lipinski definition) is 1. The molecule has 5 rings (SSSR count). The topological polar surface area (TPSA) is 79.2 Å². The number of carbonyl (C=O) groups excluding carboxylic acids is 1. The van der Waals surface area contributed by atoms with Gasteiger partial charge in [-0.3, -0.25) is 4.79 Å². The number of fused-ring (bicyclic) bond motifs is 1. The highest BCUT2D eigenvalue weighted by Crippen LogP contribution is 2.34. The molecule has 0 radical (unpaired) electrons. The van der Waals surface area contributed by atoms with E-state index < -0.39 is 6.68 Å². The maximum atomic E-state index is 11.7. The van der Waals surface area contributed by atoms with Gasteiger partial charge in [0, 0.05) is 50.3 Å². The van der Waals surface area contributed by atoms with Crippen LogP contribution in [0.2, 0.25) is 0 Å². The van der Waals surface area contributed by atoms with E-state index >= 15 is 0 Å². The van der Waals surface area contributed by atoms with Gasteiger partial charge in [-0.25, -0.2) is 15.0 Å². The van der Waals surface area contributed by atoms with Crippen molar-refractivity contribution in [2.75, 3.05) is 42.9 Å². The standard InChI is InChI=1S/C24H35N7O.CHF3/c1-17(2)20-15-31(14-13-29-9-3-4-10-29)23(27-20)18-7-11-30(12-8-18)24-19-5-6-21(32)28-22(19)25-16-26-24;2-1(3)4/h15-18H,3-14H2,1-2H3,(H,25,26,28,32);1H. The van der Waals surface area contributed by atoms with Gasteiger partial charge in [-0.15, -0.1) is 0 Å². The van der Waals surface area contributed by atoms with Gasteiger partial charge in [0.2, 0.25) is 5.91 Å². The van der Waals surface area contributed by atoms with Gasteiger partial charge in [0.05, 0.1) is 5.69 Å². The third kappa shape index (κ3) is 6.54. The molecule has 8 nitrogen and oxygen atoms in total. The van der Waals surface area contributed by atoms with E-state index in [0.717, 1.165) is 56.8 Å². The molecule has 0 spiro atoms. The monoisotopic (exact) mass is 507 g/mol. The third-order valence-corrected chi connectivity index (χ3v) is 7.22. The van der Waals surface area contributed by atoms with Crippen LogP contribution in [0.4, 0.5) is 24.8 Å². The first-order valence-corrected chi connectivity index (χ1v) is 12.9. The molecule has 0 aliphatic carbocycles. The van der Waals surface area contributed by atoms with Crippen LogP contribution in [0.15, 0.2) is 12.5 Å². The Hall–Kier alpha value is -2.69. The fourth-order valence-electron chi connectivity index (χ4n) is 5.29. The number of carbonyl (C=O) groups is 1. The molecule has 0 saturated carbocycles. The predicted octanol–water partition coefficient (Wildman–Crippen LogP) is 4.34. The number of alkyl halides is 3. The van der Waals surface area contributed by atoms with Crippen molar-refractivity contribution in [2.45, 2.75) is 77.4 Å². The van der Waals surface area contributed by atoms with Crippen molar-refractivity contribution in [2.24, 2.45) is 0 Å². The molecule has 0 unspecified atom stereocenters. The van der Waals surface area contributed by atoms with Gasteiger partial charge in [0.1, 0.15) is 23.8 Å². The van der Waals surface area contributed by atoms with Crippen LogP contribution in [0.3, 0.4) is 0 Å². The Labute approximate surface area is 210 Å². The lowest BCUT2D eigenvalue weighted by atomic mass is 9.95. The number of likely N-dealkylation sites (tertiary alicyclic amines) is 1. The van der Waals surface area contributed by atoms with Gasteiger partial charge in [0.25, 0.3) is 0 Å². The number of piperidine rings is 1. The highest BCUT2D eigenvalue weighted by atomic mass is 19.4. The largest absolute Gasteiger partial charge is 0.379 e. The van der Waals surface area contributed by atoms with Crippen molar-refractivity contribution in [3.63, 3.8) is 0 Å². The SMILES string of the molecule is CC(C)c1cn(CCN2CCCC2)c(C2CCN(c3ncnc4c3CCC(=O)N4)CC2)n1.FC(F)F. The minimum atomic E-state index is -3.67. The number of anilines is 2. The highest BCUT2D eigenvalue weighted by molar-refractivity contribution is 5.93. The molecule has 198 valence electrons. The summed E-state index contributed by atoms with van der Waals surface area (Å²) >= 11 is 0. The van der Waals surface area contributed by atoms with Gasteiger partial charge >= 0.3 is 6.68 Å². The molecule has 11 heteroatoms. The summed E-state index contributed by atoms with van der Waals surface area (Å²) in [5.74, 6) is 3.92. The summed E-state index contributed by atoms with van der Waals surface area (Å²) in [4.78, 5) is 30.7. The summed E-state index contributed by atoms with van der Waals surface area (Å²) in [6.45, 7) is 7.35. The number of aromatic nitrogens is 4. The average Bonchev–Trinajstić information content (AvgIpc) is 3.52. The molecule has 3 aliphatic heterocycles. The fraction of sp³-hybridized carbons (Fsp3) is 0.680. The number of halogens is 3. The van der Waals surface area contributed by atoms with Crippen LogP contribution in [-0.4, -0.2) is 69.7 Å². The number of rotatable bonds is 6. The molecule has 5 heterocycles. The van der Waals surface area contributed by atoms with Crippen LogP contribution < -0.4 is 10.2 Å². The molecule has 2 fully saturated rings. The summed E-state index contributed by atoms with van der Waals surface area (Å²) in [7, 11) is 0. The van der Waals surface area contributed by atoms with Crippen LogP contribution in [0.5, 0.6) is 0 Å². The Bertz CT molecular complexity index is 1010. The van der Waals surface area contributed by atoms with Crippen LogP contribution in [0.1, 0.15) is 74.9 Å². The lowest BCUT2D eigenvalue weighted by Crippen LogP contribution is -2.36. The summed E-state index contributed by atoms with van der Waals surface area (Å²) in [6, 6.07) is 0. The lowest BCUT2D eigenvalue weighted by molar-refractivity contribution is -0.116. The van der Waals surface area contributed by atoms with Gasteiger partial charge in [-0.05, 0) is 51.1 Å². The summed E-state index contributed by atoms with van der Waals surface area (Å²) in [6.07, 6.45) is 9.92. The zero-order valence-electron chi connectivity index (χ0n) is 21.1. The zero-order valence-corrected chi connectivity index (χ0v) is 21.1. The smallest absolute Gasteiger partial charge is 0.356 e. The van der Waals surface area contributed by atoms with Gasteiger partial charge in [-0.2, -0.15) is 13.2 Å². The molecule has 1 N–H and O–H groups in total. The Morgan fingerprint density at radius 2 is 1.72 bits per heavy atom. The number of hydrogen-bond acceptors (Lipinski definition) is 6. The van der Waals surface area contributed by atoms with E-state index in [1.165, 1.54) is 37.4 Å². The Morgan fingerprint density at radius 1 is 1.03 bits per heavy atom. The second kappa shape index (κ2) is 12.0. The second-order valence-corrected chi connectivity index (χ2v) is 10.0. The molecule has 2 aromatic rings. The van der Waals surface area contributed by atoms with Crippen LogP contribution in [-0.2, 0) is 17.8 Å². The fourth-order valence-corrected chi connectivity index (χ4v) is 5.29. The quantitative estimate of drug-likeness (QED) is 0.627. The average molecular weight is 508 g/mol. The number of imidazole rings is 1. The Morgan fingerprint density at radius 3 is 2.39 bits per heavy atom. The molecule has 0 atom stereocenters. The number of nitrogens with one attached hydrogen (secondary N) is 1. The van der Waals surface area contributed by atoms with E-state index in [0.29, 0.717) is 24.1 Å². The summed E-state index contributed by atoms with van der Waals surface area (Å²) < 4.78 is 31.4. The molecule has 0 bridgehead atoms. The van der Waals surface area contributed by atoms with Crippen molar-refractivity contribution in [1.82, 2.24) is 24.4 Å². The van der Waals surface area contributed by atoms with Crippen molar-refractivity contribution in [3.05, 3.63) is 29.6 Å². The van der Waals surface area contributed by atoms with Crippen molar-refractivity contribution >= 4 is 17.5 Å². The first kappa shape index (κ1) is 26.4. The number of amides is 1. The van der Waals surface area contributed by atoms with E-state index in [9.17, 15) is 18.0 Å². The first-order chi connectivity index (χ1) is 17.3. The molecule has 36 heavy (non-hydrogen) atoms. The van der Waals surface area contributed by atoms with Gasteiger partial charge < -0.3 is 19.7 Å². The molecule has 1 amide bonds. The minimum Gasteiger partial charge on any atom is -0.356 e. The molecule has 3 aliphatic rings. The first-order valence-electron chi connectivity index (χ1n) is 12.9. The molecular formula is C25H36F3N7O. The molecule has 2 saturated heterocycles. The van der Waals surface area contributed by atoms with Crippen LogP contribution in [0, 0.1) is 0 Å². The second-order valence-electron chi connectivity index (χ2n) is 10.0. The Balaban J connectivity index is 0.000000709. The van der Waals surface area contributed by atoms with Crippen molar-refractivity contribution in [3.8, 4) is 0 Å². The van der Waals surface area contributed by atoms with E-state index in [2.05, 4.69) is 49.7 Å². The van der Waals surface area contributed by atoms with E-state index in [-0.39, 0.29) is 5.91 Å². The van der Waals surface area contributed by atoms with Crippen molar-refractivity contribution in [1.29, 1.82) is 0 Å². The number of nitrogens with zero attached hydrogens (tertiary/aromatic N) is 6.